The third-order valence-electron chi connectivity index (χ3n) is 2.72. The highest BCUT2D eigenvalue weighted by molar-refractivity contribution is 6.30. The number of hydrogen-bond acceptors (Lipinski definition) is 2. The van der Waals surface area contributed by atoms with E-state index in [-0.39, 0.29) is 0 Å². The number of halogens is 1. The number of benzene rings is 1. The van der Waals surface area contributed by atoms with Crippen molar-refractivity contribution in [1.29, 1.82) is 0 Å². The number of hydrogen-bond donors (Lipinski definition) is 0. The van der Waals surface area contributed by atoms with Crippen molar-refractivity contribution in [3.05, 3.63) is 62.4 Å². The summed E-state index contributed by atoms with van der Waals surface area (Å²) in [7, 11) is 0. The van der Waals surface area contributed by atoms with Crippen LogP contribution in [0.2, 0.25) is 5.02 Å². The van der Waals surface area contributed by atoms with Crippen molar-refractivity contribution in [2.75, 3.05) is 0 Å². The lowest BCUT2D eigenvalue weighted by Gasteiger charge is -2.10. The molecule has 0 aliphatic heterocycles. The minimum Gasteiger partial charge on any atom is -0.309 e. The number of rotatable bonds is 3. The maximum Gasteiger partial charge on any atom is 0.320 e. The normalized spacial score (nSPS) is 10.9. The zero-order chi connectivity index (χ0) is 14.0. The van der Waals surface area contributed by atoms with Gasteiger partial charge in [0.05, 0.1) is 0 Å². The van der Waals surface area contributed by atoms with Crippen LogP contribution in [-0.4, -0.2) is 9.13 Å². The first-order valence-electron chi connectivity index (χ1n) is 6.07. The Hall–Kier alpha value is -1.81. The molecule has 0 spiro atoms. The fraction of sp³-hybridized carbons (Fsp3) is 0.286. The lowest BCUT2D eigenvalue weighted by Crippen LogP contribution is -2.40. The molecule has 5 heteroatoms. The second-order valence-corrected chi connectivity index (χ2v) is 5.24. The Morgan fingerprint density at radius 3 is 2.26 bits per heavy atom. The summed E-state index contributed by atoms with van der Waals surface area (Å²) in [5, 5.41) is 0.588. The van der Waals surface area contributed by atoms with Crippen molar-refractivity contribution in [2.24, 2.45) is 5.92 Å². The van der Waals surface area contributed by atoms with Crippen molar-refractivity contribution in [3.63, 3.8) is 0 Å². The van der Waals surface area contributed by atoms with E-state index in [0.717, 1.165) is 0 Å². The highest BCUT2D eigenvalue weighted by Crippen LogP contribution is 2.11. The second-order valence-electron chi connectivity index (χ2n) is 4.80. The predicted molar refractivity (Wildman–Crippen MR) is 76.1 cm³/mol. The van der Waals surface area contributed by atoms with Gasteiger partial charge in [0.25, 0.3) is 0 Å². The van der Waals surface area contributed by atoms with Crippen molar-refractivity contribution >= 4 is 11.6 Å². The molecule has 2 aromatic rings. The molecule has 0 unspecified atom stereocenters. The molecule has 0 bridgehead atoms. The van der Waals surface area contributed by atoms with Crippen LogP contribution in [0.5, 0.6) is 0 Å². The molecular weight excluding hydrogens is 264 g/mol. The SMILES string of the molecule is CC(C)Cn1ccn(-c2ccc(Cl)cc2)c(=O)c1=O. The van der Waals surface area contributed by atoms with E-state index >= 15 is 0 Å². The summed E-state index contributed by atoms with van der Waals surface area (Å²) in [5.74, 6) is 0.309. The lowest BCUT2D eigenvalue weighted by atomic mass is 10.2. The summed E-state index contributed by atoms with van der Waals surface area (Å²) in [4.78, 5) is 24.0. The summed E-state index contributed by atoms with van der Waals surface area (Å²) in [6.07, 6.45) is 3.24. The molecule has 19 heavy (non-hydrogen) atoms. The van der Waals surface area contributed by atoms with Crippen molar-refractivity contribution in [3.8, 4) is 5.69 Å². The molecule has 100 valence electrons. The minimum absolute atomic E-state index is 0.309. The molecule has 2 rings (SSSR count). The van der Waals surface area contributed by atoms with Gasteiger partial charge in [0, 0.05) is 29.6 Å². The summed E-state index contributed by atoms with van der Waals surface area (Å²) < 4.78 is 2.77. The van der Waals surface area contributed by atoms with Crippen LogP contribution in [0.25, 0.3) is 5.69 Å². The van der Waals surface area contributed by atoms with Crippen molar-refractivity contribution in [2.45, 2.75) is 20.4 Å². The van der Waals surface area contributed by atoms with Crippen LogP contribution in [-0.2, 0) is 6.54 Å². The Kier molecular flexibility index (Phi) is 3.90. The van der Waals surface area contributed by atoms with Gasteiger partial charge in [-0.15, -0.1) is 0 Å². The van der Waals surface area contributed by atoms with Gasteiger partial charge in [-0.2, -0.15) is 0 Å². The Morgan fingerprint density at radius 1 is 1.05 bits per heavy atom. The molecular formula is C14H15ClN2O2. The summed E-state index contributed by atoms with van der Waals surface area (Å²) in [6, 6.07) is 6.78. The number of nitrogens with zero attached hydrogens (tertiary/aromatic N) is 2. The van der Waals surface area contributed by atoms with E-state index in [1.807, 2.05) is 13.8 Å². The van der Waals surface area contributed by atoms with E-state index in [0.29, 0.717) is 23.2 Å². The van der Waals surface area contributed by atoms with E-state index in [2.05, 4.69) is 0 Å². The molecule has 0 aliphatic rings. The van der Waals surface area contributed by atoms with Crippen LogP contribution in [0.4, 0.5) is 0 Å². The smallest absolute Gasteiger partial charge is 0.309 e. The molecule has 0 radical (unpaired) electrons. The van der Waals surface area contributed by atoms with Crippen molar-refractivity contribution in [1.82, 2.24) is 9.13 Å². The molecule has 0 N–H and O–H groups in total. The van der Waals surface area contributed by atoms with E-state index in [1.165, 1.54) is 9.13 Å². The zero-order valence-electron chi connectivity index (χ0n) is 10.8. The van der Waals surface area contributed by atoms with Gasteiger partial charge in [-0.3, -0.25) is 14.2 Å². The zero-order valence-corrected chi connectivity index (χ0v) is 11.6. The maximum atomic E-state index is 12.1. The Morgan fingerprint density at radius 2 is 1.68 bits per heavy atom. The Bertz CT molecular complexity index is 684. The first-order chi connectivity index (χ1) is 8.99. The molecule has 0 saturated heterocycles. The third-order valence-corrected chi connectivity index (χ3v) is 2.98. The highest BCUT2D eigenvalue weighted by Gasteiger charge is 2.07. The van der Waals surface area contributed by atoms with E-state index in [4.69, 9.17) is 11.6 Å². The van der Waals surface area contributed by atoms with Crippen LogP contribution in [0, 0.1) is 5.92 Å². The highest BCUT2D eigenvalue weighted by atomic mass is 35.5. The van der Waals surface area contributed by atoms with Crippen LogP contribution in [0.3, 0.4) is 0 Å². The monoisotopic (exact) mass is 278 g/mol. The number of aromatic nitrogens is 2. The average Bonchev–Trinajstić information content (AvgIpc) is 2.36. The van der Waals surface area contributed by atoms with E-state index in [9.17, 15) is 9.59 Å². The Balaban J connectivity index is 2.50. The molecule has 0 aliphatic carbocycles. The van der Waals surface area contributed by atoms with Gasteiger partial charge >= 0.3 is 11.1 Å². The standard InChI is InChI=1S/C14H15ClN2O2/c1-10(2)9-16-7-8-17(14(19)13(16)18)12-5-3-11(15)4-6-12/h3-8,10H,9H2,1-2H3. The third kappa shape index (κ3) is 2.96. The van der Waals surface area contributed by atoms with Gasteiger partial charge in [0.2, 0.25) is 0 Å². The van der Waals surface area contributed by atoms with Crippen molar-refractivity contribution < 1.29 is 0 Å². The first kappa shape index (κ1) is 13.6. The van der Waals surface area contributed by atoms with Gasteiger partial charge in [-0.05, 0) is 30.2 Å². The van der Waals surface area contributed by atoms with Gasteiger partial charge in [-0.1, -0.05) is 25.4 Å². The molecule has 0 fully saturated rings. The summed E-state index contributed by atoms with van der Waals surface area (Å²) in [6.45, 7) is 4.53. The van der Waals surface area contributed by atoms with E-state index < -0.39 is 11.1 Å². The second kappa shape index (κ2) is 5.45. The van der Waals surface area contributed by atoms with Crippen LogP contribution in [0.15, 0.2) is 46.2 Å². The van der Waals surface area contributed by atoms with E-state index in [1.54, 1.807) is 36.7 Å². The largest absolute Gasteiger partial charge is 0.320 e. The van der Waals surface area contributed by atoms with Gasteiger partial charge < -0.3 is 4.57 Å². The maximum absolute atomic E-state index is 12.1. The molecule has 0 amide bonds. The summed E-state index contributed by atoms with van der Waals surface area (Å²) >= 11 is 5.80. The van der Waals surface area contributed by atoms with Gasteiger partial charge in [0.15, 0.2) is 0 Å². The van der Waals surface area contributed by atoms with Gasteiger partial charge in [-0.25, -0.2) is 0 Å². The molecule has 1 aromatic heterocycles. The van der Waals surface area contributed by atoms with Gasteiger partial charge in [0.1, 0.15) is 0 Å². The molecule has 1 heterocycles. The quantitative estimate of drug-likeness (QED) is 0.809. The van der Waals surface area contributed by atoms with Crippen LogP contribution >= 0.6 is 11.6 Å². The lowest BCUT2D eigenvalue weighted by molar-refractivity contribution is 0.504. The summed E-state index contributed by atoms with van der Waals surface area (Å²) in [5.41, 5.74) is -0.431. The fourth-order valence-electron chi connectivity index (χ4n) is 1.85. The molecule has 0 saturated carbocycles. The van der Waals surface area contributed by atoms with Crippen LogP contribution in [0.1, 0.15) is 13.8 Å². The Labute approximate surface area is 115 Å². The van der Waals surface area contributed by atoms with Crippen LogP contribution < -0.4 is 11.1 Å². The average molecular weight is 279 g/mol. The first-order valence-corrected chi connectivity index (χ1v) is 6.45. The molecule has 1 aromatic carbocycles. The minimum atomic E-state index is -0.550. The molecule has 4 nitrogen and oxygen atoms in total. The topological polar surface area (TPSA) is 44.0 Å². The molecule has 0 atom stereocenters. The fourth-order valence-corrected chi connectivity index (χ4v) is 1.98. The predicted octanol–water partition coefficient (Wildman–Crippen LogP) is 2.31.